The number of carboxylic acids is 1. The highest BCUT2D eigenvalue weighted by Crippen LogP contribution is 2.23. The van der Waals surface area contributed by atoms with Gasteiger partial charge in [-0.3, -0.25) is 9.59 Å². The maximum absolute atomic E-state index is 11.7. The molecule has 1 aromatic carbocycles. The highest BCUT2D eigenvalue weighted by atomic mass is 35.5. The summed E-state index contributed by atoms with van der Waals surface area (Å²) in [6.07, 6.45) is -0.190. The first kappa shape index (κ1) is 15.3. The van der Waals surface area contributed by atoms with Crippen molar-refractivity contribution < 1.29 is 19.4 Å². The SMILES string of the molecule is COc1ccc(Cl)cc1CN(C)C(=O)CCC(=O)O. The number of amides is 1. The fourth-order valence-electron chi connectivity index (χ4n) is 1.62. The Labute approximate surface area is 116 Å². The molecule has 0 fully saturated rings. The summed E-state index contributed by atoms with van der Waals surface area (Å²) < 4.78 is 5.19. The molecular formula is C13H16ClNO4. The van der Waals surface area contributed by atoms with Crippen LogP contribution < -0.4 is 4.74 Å². The van der Waals surface area contributed by atoms with Crippen molar-refractivity contribution in [2.75, 3.05) is 14.2 Å². The molecule has 0 saturated carbocycles. The van der Waals surface area contributed by atoms with E-state index in [1.54, 1.807) is 32.4 Å². The van der Waals surface area contributed by atoms with Crippen LogP contribution in [0.3, 0.4) is 0 Å². The molecular weight excluding hydrogens is 270 g/mol. The summed E-state index contributed by atoms with van der Waals surface area (Å²) in [7, 11) is 3.16. The number of carbonyl (C=O) groups is 2. The Morgan fingerprint density at radius 2 is 2.05 bits per heavy atom. The topological polar surface area (TPSA) is 66.8 Å². The van der Waals surface area contributed by atoms with Crippen molar-refractivity contribution in [1.29, 1.82) is 0 Å². The summed E-state index contributed by atoms with van der Waals surface area (Å²) in [6.45, 7) is 0.322. The second kappa shape index (κ2) is 6.99. The zero-order chi connectivity index (χ0) is 14.4. The van der Waals surface area contributed by atoms with E-state index in [0.717, 1.165) is 5.56 Å². The minimum atomic E-state index is -0.984. The van der Waals surface area contributed by atoms with E-state index in [1.807, 2.05) is 0 Å². The lowest BCUT2D eigenvalue weighted by molar-refractivity contribution is -0.140. The zero-order valence-electron chi connectivity index (χ0n) is 10.9. The van der Waals surface area contributed by atoms with Crippen LogP contribution in [0, 0.1) is 0 Å². The van der Waals surface area contributed by atoms with Gasteiger partial charge in [0, 0.05) is 30.6 Å². The van der Waals surface area contributed by atoms with E-state index in [4.69, 9.17) is 21.4 Å². The minimum absolute atomic E-state index is 0.0191. The van der Waals surface area contributed by atoms with Gasteiger partial charge >= 0.3 is 5.97 Å². The summed E-state index contributed by atoms with van der Waals surface area (Å²) in [4.78, 5) is 23.6. The normalized spacial score (nSPS) is 10.1. The molecule has 1 amide bonds. The maximum atomic E-state index is 11.7. The molecule has 0 bridgehead atoms. The number of benzene rings is 1. The van der Waals surface area contributed by atoms with Crippen LogP contribution in [0.15, 0.2) is 18.2 Å². The van der Waals surface area contributed by atoms with Crippen molar-refractivity contribution >= 4 is 23.5 Å². The lowest BCUT2D eigenvalue weighted by Crippen LogP contribution is -2.26. The minimum Gasteiger partial charge on any atom is -0.496 e. The summed E-state index contributed by atoms with van der Waals surface area (Å²) in [6, 6.07) is 5.16. The van der Waals surface area contributed by atoms with Gasteiger partial charge in [0.15, 0.2) is 0 Å². The van der Waals surface area contributed by atoms with Crippen LogP contribution in [-0.2, 0) is 16.1 Å². The van der Waals surface area contributed by atoms with Crippen molar-refractivity contribution in [2.24, 2.45) is 0 Å². The van der Waals surface area contributed by atoms with Crippen molar-refractivity contribution in [3.05, 3.63) is 28.8 Å². The van der Waals surface area contributed by atoms with E-state index < -0.39 is 5.97 Å². The fraction of sp³-hybridized carbons (Fsp3) is 0.385. The molecule has 0 aliphatic rings. The van der Waals surface area contributed by atoms with Crippen molar-refractivity contribution in [3.63, 3.8) is 0 Å². The first-order chi connectivity index (χ1) is 8.93. The van der Waals surface area contributed by atoms with E-state index >= 15 is 0 Å². The van der Waals surface area contributed by atoms with E-state index in [0.29, 0.717) is 17.3 Å². The lowest BCUT2D eigenvalue weighted by atomic mass is 10.2. The molecule has 0 unspecified atom stereocenters. The number of nitrogens with zero attached hydrogens (tertiary/aromatic N) is 1. The molecule has 0 saturated heterocycles. The second-order valence-corrected chi connectivity index (χ2v) is 4.54. The van der Waals surface area contributed by atoms with Crippen LogP contribution in [0.25, 0.3) is 0 Å². The molecule has 0 aliphatic carbocycles. The van der Waals surface area contributed by atoms with Crippen molar-refractivity contribution in [3.8, 4) is 5.75 Å². The van der Waals surface area contributed by atoms with Crippen LogP contribution in [0.5, 0.6) is 5.75 Å². The van der Waals surface area contributed by atoms with Crippen LogP contribution in [0.4, 0.5) is 0 Å². The van der Waals surface area contributed by atoms with Gasteiger partial charge in [-0.2, -0.15) is 0 Å². The molecule has 0 radical (unpaired) electrons. The number of hydrogen-bond donors (Lipinski definition) is 1. The molecule has 0 atom stereocenters. The van der Waals surface area contributed by atoms with Crippen LogP contribution in [0.2, 0.25) is 5.02 Å². The number of carbonyl (C=O) groups excluding carboxylic acids is 1. The van der Waals surface area contributed by atoms with E-state index in [-0.39, 0.29) is 18.7 Å². The summed E-state index contributed by atoms with van der Waals surface area (Å²) in [5, 5.41) is 9.10. The van der Waals surface area contributed by atoms with Gasteiger partial charge in [0.05, 0.1) is 13.5 Å². The standard InChI is InChI=1S/C13H16ClNO4/c1-15(12(16)5-6-13(17)18)8-9-7-10(14)3-4-11(9)19-2/h3-4,7H,5-6,8H2,1-2H3,(H,17,18). The van der Waals surface area contributed by atoms with Crippen LogP contribution in [-0.4, -0.2) is 36.0 Å². The third-order valence-corrected chi connectivity index (χ3v) is 2.86. The van der Waals surface area contributed by atoms with Gasteiger partial charge in [0.1, 0.15) is 5.75 Å². The highest BCUT2D eigenvalue weighted by Gasteiger charge is 2.13. The highest BCUT2D eigenvalue weighted by molar-refractivity contribution is 6.30. The second-order valence-electron chi connectivity index (χ2n) is 4.10. The zero-order valence-corrected chi connectivity index (χ0v) is 11.6. The number of methoxy groups -OCH3 is 1. The molecule has 1 N–H and O–H groups in total. The Morgan fingerprint density at radius 1 is 1.37 bits per heavy atom. The Bertz CT molecular complexity index is 476. The molecule has 6 heteroatoms. The number of aliphatic carboxylic acids is 1. The molecule has 5 nitrogen and oxygen atoms in total. The lowest BCUT2D eigenvalue weighted by Gasteiger charge is -2.18. The Morgan fingerprint density at radius 3 is 2.63 bits per heavy atom. The van der Waals surface area contributed by atoms with Gasteiger partial charge in [-0.1, -0.05) is 11.6 Å². The number of hydrogen-bond acceptors (Lipinski definition) is 3. The summed E-state index contributed by atoms with van der Waals surface area (Å²) in [5.74, 6) is -0.575. The molecule has 1 rings (SSSR count). The van der Waals surface area contributed by atoms with Gasteiger partial charge in [-0.05, 0) is 18.2 Å². The van der Waals surface area contributed by atoms with Gasteiger partial charge in [0.2, 0.25) is 5.91 Å². The number of rotatable bonds is 6. The third-order valence-electron chi connectivity index (χ3n) is 2.63. The largest absolute Gasteiger partial charge is 0.496 e. The molecule has 0 aliphatic heterocycles. The molecule has 19 heavy (non-hydrogen) atoms. The third kappa shape index (κ3) is 4.79. The van der Waals surface area contributed by atoms with Gasteiger partial charge in [-0.15, -0.1) is 0 Å². The van der Waals surface area contributed by atoms with Gasteiger partial charge in [-0.25, -0.2) is 0 Å². The average molecular weight is 286 g/mol. The molecule has 1 aromatic rings. The Balaban J connectivity index is 2.70. The Hall–Kier alpha value is -1.75. The average Bonchev–Trinajstić information content (AvgIpc) is 2.36. The first-order valence-corrected chi connectivity index (χ1v) is 6.10. The van der Waals surface area contributed by atoms with E-state index in [9.17, 15) is 9.59 Å². The van der Waals surface area contributed by atoms with Gasteiger partial charge in [0.25, 0.3) is 0 Å². The smallest absolute Gasteiger partial charge is 0.303 e. The maximum Gasteiger partial charge on any atom is 0.303 e. The predicted molar refractivity (Wildman–Crippen MR) is 71.3 cm³/mol. The van der Waals surface area contributed by atoms with Crippen molar-refractivity contribution in [2.45, 2.75) is 19.4 Å². The summed E-state index contributed by atoms with van der Waals surface area (Å²) in [5.41, 5.74) is 0.779. The molecule has 0 aromatic heterocycles. The number of ether oxygens (including phenoxy) is 1. The van der Waals surface area contributed by atoms with E-state index in [1.165, 1.54) is 4.90 Å². The van der Waals surface area contributed by atoms with Crippen molar-refractivity contribution in [1.82, 2.24) is 4.90 Å². The predicted octanol–water partition coefficient (Wildman–Crippen LogP) is 2.17. The first-order valence-electron chi connectivity index (χ1n) is 5.72. The van der Waals surface area contributed by atoms with Crippen LogP contribution in [0.1, 0.15) is 18.4 Å². The Kier molecular flexibility index (Phi) is 5.63. The number of halogens is 1. The molecule has 0 heterocycles. The monoisotopic (exact) mass is 285 g/mol. The summed E-state index contributed by atoms with van der Waals surface area (Å²) >= 11 is 5.90. The molecule has 0 spiro atoms. The van der Waals surface area contributed by atoms with Crippen LogP contribution >= 0.6 is 11.6 Å². The number of carboxylic acid groups (broad SMARTS) is 1. The van der Waals surface area contributed by atoms with Gasteiger partial charge < -0.3 is 14.7 Å². The van der Waals surface area contributed by atoms with E-state index in [2.05, 4.69) is 0 Å². The quantitative estimate of drug-likeness (QED) is 0.870. The fourth-order valence-corrected chi connectivity index (χ4v) is 1.81. The molecule has 104 valence electrons.